The molecule has 4 aromatic rings. The van der Waals surface area contributed by atoms with Crippen LogP contribution in [0.5, 0.6) is 0 Å². The van der Waals surface area contributed by atoms with Gasteiger partial charge in [0, 0.05) is 26.7 Å². The Labute approximate surface area is 203 Å². The molecule has 0 spiro atoms. The fourth-order valence-corrected chi connectivity index (χ4v) is 5.60. The van der Waals surface area contributed by atoms with Gasteiger partial charge in [0.1, 0.15) is 16.5 Å². The zero-order chi connectivity index (χ0) is 21.5. The summed E-state index contributed by atoms with van der Waals surface area (Å²) in [5, 5.41) is 12.2. The third-order valence-corrected chi connectivity index (χ3v) is 7.83. The molecule has 0 bridgehead atoms. The average Bonchev–Trinajstić information content (AvgIpc) is 3.32. The minimum absolute atomic E-state index is 0.551. The van der Waals surface area contributed by atoms with Crippen LogP contribution in [0.25, 0.3) is 27.8 Å². The molecule has 1 saturated carbocycles. The average molecular weight is 534 g/mol. The van der Waals surface area contributed by atoms with E-state index in [1.165, 1.54) is 19.3 Å². The maximum atomic E-state index is 6.60. The van der Waals surface area contributed by atoms with Crippen LogP contribution in [-0.2, 0) is 6.42 Å². The second kappa shape index (κ2) is 8.66. The lowest BCUT2D eigenvalue weighted by molar-refractivity contribution is 0.416. The second-order valence-corrected chi connectivity index (χ2v) is 10.4. The molecule has 0 aliphatic heterocycles. The quantitative estimate of drug-likeness (QED) is 0.261. The number of rotatable bonds is 5. The number of halogens is 3. The molecular formula is C23H19BrCl2N4S. The van der Waals surface area contributed by atoms with Crippen LogP contribution in [0.4, 0.5) is 0 Å². The Kier molecular flexibility index (Phi) is 5.90. The number of aromatic nitrogens is 4. The first-order chi connectivity index (χ1) is 15.0. The van der Waals surface area contributed by atoms with Gasteiger partial charge in [-0.25, -0.2) is 4.98 Å². The maximum Gasteiger partial charge on any atom is 0.168 e. The van der Waals surface area contributed by atoms with Crippen LogP contribution in [0.2, 0.25) is 10.0 Å². The standard InChI is InChI=1S/C23H19BrCl2N4S/c1-2-19-20(23-29-28-22(31-23)13-4-3-5-13)27-21(17-11-8-15(25)12-18(17)26)30(19)16-9-6-14(24)7-10-16/h6-13H,2-5H2,1H3. The van der Waals surface area contributed by atoms with Gasteiger partial charge in [0.15, 0.2) is 5.01 Å². The van der Waals surface area contributed by atoms with E-state index < -0.39 is 0 Å². The van der Waals surface area contributed by atoms with Crippen LogP contribution in [-0.4, -0.2) is 19.7 Å². The monoisotopic (exact) mass is 532 g/mol. The number of nitrogens with zero attached hydrogens (tertiary/aromatic N) is 4. The van der Waals surface area contributed by atoms with Crippen molar-refractivity contribution in [3.05, 3.63) is 67.7 Å². The van der Waals surface area contributed by atoms with Crippen LogP contribution < -0.4 is 0 Å². The third-order valence-electron chi connectivity index (χ3n) is 5.66. The molecule has 4 nitrogen and oxygen atoms in total. The lowest BCUT2D eigenvalue weighted by atomic mass is 9.86. The van der Waals surface area contributed by atoms with E-state index in [0.717, 1.165) is 49.4 Å². The zero-order valence-electron chi connectivity index (χ0n) is 16.8. The Morgan fingerprint density at radius 2 is 1.87 bits per heavy atom. The van der Waals surface area contributed by atoms with Gasteiger partial charge in [-0.15, -0.1) is 10.2 Å². The summed E-state index contributed by atoms with van der Waals surface area (Å²) in [7, 11) is 0. The van der Waals surface area contributed by atoms with Crippen molar-refractivity contribution < 1.29 is 0 Å². The minimum atomic E-state index is 0.551. The third kappa shape index (κ3) is 3.95. The summed E-state index contributed by atoms with van der Waals surface area (Å²) in [5.41, 5.74) is 3.80. The van der Waals surface area contributed by atoms with Crippen molar-refractivity contribution in [1.82, 2.24) is 19.7 Å². The molecule has 0 saturated heterocycles. The Balaban J connectivity index is 1.72. The number of hydrogen-bond donors (Lipinski definition) is 0. The van der Waals surface area contributed by atoms with Crippen LogP contribution >= 0.6 is 50.5 Å². The summed E-state index contributed by atoms with van der Waals surface area (Å²) in [6.45, 7) is 2.14. The van der Waals surface area contributed by atoms with Crippen molar-refractivity contribution in [1.29, 1.82) is 0 Å². The molecule has 1 aliphatic carbocycles. The number of hydrogen-bond acceptors (Lipinski definition) is 4. The normalized spacial score (nSPS) is 14.1. The van der Waals surface area contributed by atoms with Crippen molar-refractivity contribution in [2.24, 2.45) is 0 Å². The molecule has 0 amide bonds. The lowest BCUT2D eigenvalue weighted by Gasteiger charge is -2.21. The molecule has 5 rings (SSSR count). The largest absolute Gasteiger partial charge is 0.296 e. The van der Waals surface area contributed by atoms with Crippen LogP contribution in [0.3, 0.4) is 0 Å². The van der Waals surface area contributed by atoms with Gasteiger partial charge in [0.05, 0.1) is 10.7 Å². The summed E-state index contributed by atoms with van der Waals surface area (Å²) in [5.74, 6) is 1.33. The van der Waals surface area contributed by atoms with Crippen molar-refractivity contribution >= 4 is 50.5 Å². The number of imidazole rings is 1. The molecule has 31 heavy (non-hydrogen) atoms. The summed E-state index contributed by atoms with van der Waals surface area (Å²) < 4.78 is 3.19. The van der Waals surface area contributed by atoms with E-state index in [-0.39, 0.29) is 0 Å². The topological polar surface area (TPSA) is 43.6 Å². The SMILES string of the molecule is CCc1c(-c2nnc(C3CCC3)s2)nc(-c2ccc(Cl)cc2Cl)n1-c1ccc(Br)cc1. The Morgan fingerprint density at radius 3 is 2.52 bits per heavy atom. The molecule has 0 N–H and O–H groups in total. The summed E-state index contributed by atoms with van der Waals surface area (Å²) in [4.78, 5) is 5.06. The van der Waals surface area contributed by atoms with Crippen molar-refractivity contribution in [2.75, 3.05) is 0 Å². The van der Waals surface area contributed by atoms with Gasteiger partial charge in [-0.2, -0.15) is 0 Å². The highest BCUT2D eigenvalue weighted by atomic mass is 79.9. The van der Waals surface area contributed by atoms with Gasteiger partial charge in [-0.05, 0) is 61.7 Å². The van der Waals surface area contributed by atoms with Gasteiger partial charge < -0.3 is 0 Å². The molecule has 0 unspecified atom stereocenters. The van der Waals surface area contributed by atoms with E-state index in [0.29, 0.717) is 16.0 Å². The molecule has 8 heteroatoms. The number of benzene rings is 2. The molecule has 2 aromatic carbocycles. The van der Waals surface area contributed by atoms with E-state index in [2.05, 4.69) is 49.8 Å². The Bertz CT molecular complexity index is 1250. The molecular weight excluding hydrogens is 515 g/mol. The van der Waals surface area contributed by atoms with E-state index in [9.17, 15) is 0 Å². The fraction of sp³-hybridized carbons (Fsp3) is 0.261. The summed E-state index contributed by atoms with van der Waals surface area (Å²) in [6, 6.07) is 13.7. The van der Waals surface area contributed by atoms with E-state index in [4.69, 9.17) is 28.2 Å². The van der Waals surface area contributed by atoms with Crippen LogP contribution in [0.1, 0.15) is 42.8 Å². The maximum absolute atomic E-state index is 6.60. The predicted octanol–water partition coefficient (Wildman–Crippen LogP) is 7.96. The van der Waals surface area contributed by atoms with Crippen molar-refractivity contribution in [2.45, 2.75) is 38.5 Å². The second-order valence-electron chi connectivity index (χ2n) is 7.59. The highest BCUT2D eigenvalue weighted by Gasteiger charge is 2.27. The first kappa shape index (κ1) is 21.1. The summed E-state index contributed by atoms with van der Waals surface area (Å²) >= 11 is 17.9. The first-order valence-corrected chi connectivity index (χ1v) is 12.6. The van der Waals surface area contributed by atoms with Crippen molar-refractivity contribution in [3.8, 4) is 27.8 Å². The first-order valence-electron chi connectivity index (χ1n) is 10.2. The molecule has 1 fully saturated rings. The smallest absolute Gasteiger partial charge is 0.168 e. The Morgan fingerprint density at radius 1 is 1.10 bits per heavy atom. The molecule has 1 aliphatic rings. The van der Waals surface area contributed by atoms with E-state index in [1.807, 2.05) is 24.3 Å². The zero-order valence-corrected chi connectivity index (χ0v) is 20.7. The molecule has 0 radical (unpaired) electrons. The fourth-order valence-electron chi connectivity index (χ4n) is 3.82. The van der Waals surface area contributed by atoms with E-state index in [1.54, 1.807) is 17.4 Å². The molecule has 2 heterocycles. The Hall–Kier alpha value is -1.73. The van der Waals surface area contributed by atoms with Crippen LogP contribution in [0.15, 0.2) is 46.9 Å². The van der Waals surface area contributed by atoms with Gasteiger partial charge in [0.2, 0.25) is 0 Å². The summed E-state index contributed by atoms with van der Waals surface area (Å²) in [6.07, 6.45) is 4.47. The van der Waals surface area contributed by atoms with Gasteiger partial charge in [0.25, 0.3) is 0 Å². The van der Waals surface area contributed by atoms with Crippen molar-refractivity contribution in [3.63, 3.8) is 0 Å². The van der Waals surface area contributed by atoms with Gasteiger partial charge >= 0.3 is 0 Å². The predicted molar refractivity (Wildman–Crippen MR) is 132 cm³/mol. The van der Waals surface area contributed by atoms with E-state index >= 15 is 0 Å². The van der Waals surface area contributed by atoms with Gasteiger partial charge in [-0.1, -0.05) is 63.8 Å². The minimum Gasteiger partial charge on any atom is -0.296 e. The molecule has 2 aromatic heterocycles. The molecule has 0 atom stereocenters. The van der Waals surface area contributed by atoms with Crippen LogP contribution in [0, 0.1) is 0 Å². The van der Waals surface area contributed by atoms with Gasteiger partial charge in [-0.3, -0.25) is 4.57 Å². The molecule has 158 valence electrons. The highest BCUT2D eigenvalue weighted by molar-refractivity contribution is 9.10. The lowest BCUT2D eigenvalue weighted by Crippen LogP contribution is -2.07. The highest BCUT2D eigenvalue weighted by Crippen LogP contribution is 2.41.